The van der Waals surface area contributed by atoms with Gasteiger partial charge in [-0.1, -0.05) is 25.3 Å². The molecule has 1 saturated heterocycles. The Balaban J connectivity index is 1.70. The molecule has 1 aliphatic carbocycles. The van der Waals surface area contributed by atoms with Gasteiger partial charge in [-0.2, -0.15) is 0 Å². The van der Waals surface area contributed by atoms with Crippen molar-refractivity contribution < 1.29 is 14.0 Å². The summed E-state index contributed by atoms with van der Waals surface area (Å²) in [6, 6.07) is 5.03. The number of piperidine rings is 1. The maximum absolute atomic E-state index is 14.1. The van der Waals surface area contributed by atoms with Crippen LogP contribution in [0.4, 0.5) is 10.1 Å². The fourth-order valence-corrected chi connectivity index (χ4v) is 4.10. The normalized spacial score (nSPS) is 21.8. The topological polar surface area (TPSA) is 49.4 Å². The van der Waals surface area contributed by atoms with Crippen molar-refractivity contribution in [1.29, 1.82) is 0 Å². The monoisotopic (exact) mass is 346 g/mol. The van der Waals surface area contributed by atoms with E-state index in [2.05, 4.69) is 5.32 Å². The first kappa shape index (κ1) is 17.9. The van der Waals surface area contributed by atoms with E-state index in [4.69, 9.17) is 0 Å². The van der Waals surface area contributed by atoms with Gasteiger partial charge in [0, 0.05) is 19.1 Å². The number of nitrogens with zero attached hydrogens (tertiary/aromatic N) is 1. The fourth-order valence-electron chi connectivity index (χ4n) is 4.10. The van der Waals surface area contributed by atoms with E-state index in [1.807, 2.05) is 4.90 Å². The largest absolute Gasteiger partial charge is 0.370 e. The lowest BCUT2D eigenvalue weighted by atomic mass is 9.92. The van der Waals surface area contributed by atoms with Crippen molar-refractivity contribution in [2.75, 3.05) is 18.0 Å². The molecule has 1 N–H and O–H groups in total. The van der Waals surface area contributed by atoms with Crippen molar-refractivity contribution in [2.24, 2.45) is 5.92 Å². The van der Waals surface area contributed by atoms with Crippen LogP contribution in [0.25, 0.3) is 0 Å². The molecule has 0 unspecified atom stereocenters. The zero-order valence-corrected chi connectivity index (χ0v) is 14.9. The summed E-state index contributed by atoms with van der Waals surface area (Å²) in [5, 5.41) is 3.20. The van der Waals surface area contributed by atoms with Crippen molar-refractivity contribution in [1.82, 2.24) is 5.32 Å². The average molecular weight is 346 g/mol. The number of hydrogen-bond acceptors (Lipinski definition) is 3. The third-order valence-electron chi connectivity index (χ3n) is 5.43. The molecule has 5 heteroatoms. The van der Waals surface area contributed by atoms with E-state index in [1.54, 1.807) is 12.1 Å². The molecule has 25 heavy (non-hydrogen) atoms. The van der Waals surface area contributed by atoms with E-state index >= 15 is 0 Å². The van der Waals surface area contributed by atoms with Gasteiger partial charge in [0.15, 0.2) is 5.78 Å². The van der Waals surface area contributed by atoms with Crippen molar-refractivity contribution in [2.45, 2.75) is 57.9 Å². The smallest absolute Gasteiger partial charge is 0.225 e. The Hall–Kier alpha value is -1.91. The van der Waals surface area contributed by atoms with Crippen LogP contribution in [0.2, 0.25) is 0 Å². The van der Waals surface area contributed by atoms with Gasteiger partial charge in [-0.3, -0.25) is 9.59 Å². The first-order chi connectivity index (χ1) is 12.1. The molecule has 1 saturated carbocycles. The number of benzene rings is 1. The molecule has 0 radical (unpaired) electrons. The van der Waals surface area contributed by atoms with Gasteiger partial charge in [0.25, 0.3) is 0 Å². The van der Waals surface area contributed by atoms with Crippen LogP contribution < -0.4 is 10.2 Å². The van der Waals surface area contributed by atoms with E-state index in [0.29, 0.717) is 18.3 Å². The second-order valence-corrected chi connectivity index (χ2v) is 7.32. The average Bonchev–Trinajstić information content (AvgIpc) is 2.62. The molecule has 1 heterocycles. The Kier molecular flexibility index (Phi) is 5.71. The van der Waals surface area contributed by atoms with Crippen LogP contribution in [0.5, 0.6) is 0 Å². The maximum atomic E-state index is 14.1. The van der Waals surface area contributed by atoms with Crippen LogP contribution in [0, 0.1) is 11.7 Å². The minimum absolute atomic E-state index is 0.0984. The number of carbonyl (C=O) groups excluding carboxylic acids is 2. The van der Waals surface area contributed by atoms with Crippen LogP contribution >= 0.6 is 0 Å². The molecule has 0 spiro atoms. The van der Waals surface area contributed by atoms with Crippen molar-refractivity contribution in [3.8, 4) is 0 Å². The number of ketones is 1. The third kappa shape index (κ3) is 4.20. The van der Waals surface area contributed by atoms with Gasteiger partial charge in [-0.15, -0.1) is 0 Å². The highest BCUT2D eigenvalue weighted by Crippen LogP contribution is 2.29. The van der Waals surface area contributed by atoms with Crippen LogP contribution in [-0.2, 0) is 4.79 Å². The summed E-state index contributed by atoms with van der Waals surface area (Å²) in [4.78, 5) is 26.5. The van der Waals surface area contributed by atoms with Gasteiger partial charge in [0.2, 0.25) is 5.91 Å². The zero-order valence-electron chi connectivity index (χ0n) is 14.9. The van der Waals surface area contributed by atoms with Crippen molar-refractivity contribution in [3.05, 3.63) is 29.6 Å². The van der Waals surface area contributed by atoms with E-state index in [0.717, 1.165) is 32.2 Å². The summed E-state index contributed by atoms with van der Waals surface area (Å²) in [6.45, 7) is 2.68. The second-order valence-electron chi connectivity index (χ2n) is 7.32. The predicted molar refractivity (Wildman–Crippen MR) is 96.4 cm³/mol. The highest BCUT2D eigenvalue weighted by Gasteiger charge is 2.29. The van der Waals surface area contributed by atoms with Gasteiger partial charge in [0.05, 0.1) is 17.2 Å². The summed E-state index contributed by atoms with van der Waals surface area (Å²) in [5.74, 6) is -0.753. The molecule has 4 nitrogen and oxygen atoms in total. The molecule has 1 aromatic carbocycles. The van der Waals surface area contributed by atoms with Crippen molar-refractivity contribution in [3.63, 3.8) is 0 Å². The fraction of sp³-hybridized carbons (Fsp3) is 0.600. The quantitative estimate of drug-likeness (QED) is 0.846. The van der Waals surface area contributed by atoms with Crippen molar-refractivity contribution >= 4 is 17.4 Å². The standard InChI is InChI=1S/C20H27FN2O2/c1-14(24)19-17(21)10-5-11-18(19)23-12-6-7-15(13-23)20(25)22-16-8-3-2-4-9-16/h5,10-11,15-16H,2-4,6-9,12-13H2,1H3,(H,22,25)/t15-/m0/s1. The van der Waals surface area contributed by atoms with Gasteiger partial charge in [-0.25, -0.2) is 4.39 Å². The Labute approximate surface area is 148 Å². The summed E-state index contributed by atoms with van der Waals surface area (Å²) >= 11 is 0. The number of amides is 1. The summed E-state index contributed by atoms with van der Waals surface area (Å²) in [7, 11) is 0. The number of hydrogen-bond donors (Lipinski definition) is 1. The molecule has 1 aliphatic heterocycles. The number of nitrogens with one attached hydrogen (secondary N) is 1. The molecule has 1 amide bonds. The first-order valence-electron chi connectivity index (χ1n) is 9.41. The highest BCUT2D eigenvalue weighted by molar-refractivity contribution is 6.00. The lowest BCUT2D eigenvalue weighted by molar-refractivity contribution is -0.126. The van der Waals surface area contributed by atoms with Gasteiger partial charge in [-0.05, 0) is 44.7 Å². The Morgan fingerprint density at radius 1 is 1.12 bits per heavy atom. The van der Waals surface area contributed by atoms with Crippen LogP contribution in [0.1, 0.15) is 62.2 Å². The summed E-state index contributed by atoms with van der Waals surface area (Å²) in [6.07, 6.45) is 7.49. The third-order valence-corrected chi connectivity index (χ3v) is 5.43. The molecule has 0 bridgehead atoms. The predicted octanol–water partition coefficient (Wildman–Crippen LogP) is 3.69. The number of carbonyl (C=O) groups is 2. The minimum Gasteiger partial charge on any atom is -0.370 e. The Bertz CT molecular complexity index is 641. The van der Waals surface area contributed by atoms with Gasteiger partial charge in [0.1, 0.15) is 5.82 Å². The highest BCUT2D eigenvalue weighted by atomic mass is 19.1. The van der Waals surface area contributed by atoms with Crippen LogP contribution in [0.15, 0.2) is 18.2 Å². The molecule has 0 aromatic heterocycles. The van der Waals surface area contributed by atoms with Gasteiger partial charge < -0.3 is 10.2 Å². The SMILES string of the molecule is CC(=O)c1c(F)cccc1N1CCC[C@H](C(=O)NC2CCCCC2)C1. The Morgan fingerprint density at radius 2 is 1.88 bits per heavy atom. The van der Waals surface area contributed by atoms with E-state index in [-0.39, 0.29) is 23.2 Å². The van der Waals surface area contributed by atoms with Gasteiger partial charge >= 0.3 is 0 Å². The molecular weight excluding hydrogens is 319 g/mol. The molecular formula is C20H27FN2O2. The molecule has 1 aromatic rings. The van der Waals surface area contributed by atoms with E-state index < -0.39 is 5.82 Å². The molecule has 3 rings (SSSR count). The van der Waals surface area contributed by atoms with Crippen LogP contribution in [-0.4, -0.2) is 30.8 Å². The zero-order chi connectivity index (χ0) is 17.8. The molecule has 1 atom stereocenters. The number of anilines is 1. The van der Waals surface area contributed by atoms with Crippen LogP contribution in [0.3, 0.4) is 0 Å². The number of rotatable bonds is 4. The number of halogens is 1. The lowest BCUT2D eigenvalue weighted by Gasteiger charge is -2.35. The van der Waals surface area contributed by atoms with E-state index in [9.17, 15) is 14.0 Å². The number of Topliss-reactive ketones (excluding diaryl/α,β-unsaturated/α-hetero) is 1. The minimum atomic E-state index is -0.487. The van der Waals surface area contributed by atoms with E-state index in [1.165, 1.54) is 32.3 Å². The summed E-state index contributed by atoms with van der Waals surface area (Å²) in [5.41, 5.74) is 0.749. The molecule has 136 valence electrons. The lowest BCUT2D eigenvalue weighted by Crippen LogP contribution is -2.46. The maximum Gasteiger partial charge on any atom is 0.225 e. The second kappa shape index (κ2) is 7.98. The first-order valence-corrected chi connectivity index (χ1v) is 9.41. The Morgan fingerprint density at radius 3 is 2.60 bits per heavy atom. The molecule has 2 aliphatic rings. The summed E-state index contributed by atoms with van der Waals surface area (Å²) < 4.78 is 14.1. The molecule has 2 fully saturated rings.